The van der Waals surface area contributed by atoms with Crippen LogP contribution in [0.1, 0.15) is 6.92 Å². The monoisotopic (exact) mass is 318 g/mol. The average Bonchev–Trinajstić information content (AvgIpc) is 2.46. The van der Waals surface area contributed by atoms with Crippen molar-refractivity contribution in [3.05, 3.63) is 30.1 Å². The van der Waals surface area contributed by atoms with Crippen molar-refractivity contribution in [2.75, 3.05) is 31.9 Å². The number of halogens is 2. The Bertz CT molecular complexity index is 424. The van der Waals surface area contributed by atoms with Crippen molar-refractivity contribution in [1.29, 1.82) is 0 Å². The molecule has 1 atom stereocenters. The number of benzene rings is 1. The number of nitrogens with zero attached hydrogens (tertiary/aromatic N) is 1. The predicted octanol–water partition coefficient (Wildman–Crippen LogP) is 2.41. The first-order valence-electron chi connectivity index (χ1n) is 6.54. The lowest BCUT2D eigenvalue weighted by Crippen LogP contribution is -2.48. The van der Waals surface area contributed by atoms with E-state index in [1.54, 1.807) is 23.9 Å². The Morgan fingerprint density at radius 3 is 2.55 bits per heavy atom. The zero-order valence-corrected chi connectivity index (χ0v) is 13.1. The molecule has 6 heteroatoms. The van der Waals surface area contributed by atoms with Crippen molar-refractivity contribution in [3.8, 4) is 0 Å². The molecule has 3 nitrogen and oxygen atoms in total. The van der Waals surface area contributed by atoms with E-state index in [9.17, 15) is 9.18 Å². The Morgan fingerprint density at radius 2 is 1.95 bits per heavy atom. The van der Waals surface area contributed by atoms with Crippen LogP contribution in [0, 0.1) is 11.7 Å². The summed E-state index contributed by atoms with van der Waals surface area (Å²) in [4.78, 5) is 15.1. The van der Waals surface area contributed by atoms with E-state index in [0.717, 1.165) is 36.8 Å². The summed E-state index contributed by atoms with van der Waals surface area (Å²) in [7, 11) is 0. The van der Waals surface area contributed by atoms with Gasteiger partial charge in [-0.15, -0.1) is 24.2 Å². The highest BCUT2D eigenvalue weighted by Crippen LogP contribution is 2.21. The number of amides is 1. The molecule has 1 saturated heterocycles. The van der Waals surface area contributed by atoms with Crippen molar-refractivity contribution in [2.45, 2.75) is 11.8 Å². The van der Waals surface area contributed by atoms with Crippen molar-refractivity contribution in [3.63, 3.8) is 0 Å². The number of nitrogens with one attached hydrogen (secondary N) is 1. The van der Waals surface area contributed by atoms with Gasteiger partial charge in [0.25, 0.3) is 0 Å². The predicted molar refractivity (Wildman–Crippen MR) is 83.0 cm³/mol. The highest BCUT2D eigenvalue weighted by molar-refractivity contribution is 7.99. The molecule has 1 aromatic rings. The molecular formula is C14H20ClFN2OS. The zero-order valence-electron chi connectivity index (χ0n) is 11.5. The molecule has 1 aliphatic heterocycles. The van der Waals surface area contributed by atoms with Crippen LogP contribution in [0.25, 0.3) is 0 Å². The molecule has 1 aliphatic rings. The normalized spacial score (nSPS) is 16.4. The summed E-state index contributed by atoms with van der Waals surface area (Å²) >= 11 is 1.60. The van der Waals surface area contributed by atoms with Crippen molar-refractivity contribution < 1.29 is 9.18 Å². The van der Waals surface area contributed by atoms with E-state index in [2.05, 4.69) is 5.32 Å². The van der Waals surface area contributed by atoms with Gasteiger partial charge in [0.05, 0.1) is 0 Å². The number of rotatable bonds is 4. The average molecular weight is 319 g/mol. The van der Waals surface area contributed by atoms with Gasteiger partial charge in [-0.1, -0.05) is 6.92 Å². The Balaban J connectivity index is 0.00000200. The van der Waals surface area contributed by atoms with Crippen LogP contribution in [0.4, 0.5) is 4.39 Å². The first-order chi connectivity index (χ1) is 9.16. The summed E-state index contributed by atoms with van der Waals surface area (Å²) < 4.78 is 12.8. The second-order valence-corrected chi connectivity index (χ2v) is 5.83. The van der Waals surface area contributed by atoms with E-state index in [0.29, 0.717) is 0 Å². The molecule has 20 heavy (non-hydrogen) atoms. The van der Waals surface area contributed by atoms with E-state index < -0.39 is 0 Å². The first-order valence-corrected chi connectivity index (χ1v) is 7.53. The third kappa shape index (κ3) is 4.96. The Hall–Kier alpha value is -0.780. The summed E-state index contributed by atoms with van der Waals surface area (Å²) in [6, 6.07) is 6.40. The number of thioether (sulfide) groups is 1. The van der Waals surface area contributed by atoms with E-state index in [-0.39, 0.29) is 30.0 Å². The fraction of sp³-hybridized carbons (Fsp3) is 0.500. The molecule has 1 N–H and O–H groups in total. The molecule has 0 bridgehead atoms. The van der Waals surface area contributed by atoms with Gasteiger partial charge in [0, 0.05) is 42.7 Å². The fourth-order valence-electron chi connectivity index (χ4n) is 2.02. The van der Waals surface area contributed by atoms with Crippen molar-refractivity contribution >= 4 is 30.1 Å². The van der Waals surface area contributed by atoms with Crippen LogP contribution in [-0.2, 0) is 4.79 Å². The maximum absolute atomic E-state index is 12.8. The molecule has 1 unspecified atom stereocenters. The van der Waals surface area contributed by atoms with E-state index in [1.807, 2.05) is 11.8 Å². The Kier molecular flexibility index (Phi) is 7.34. The second kappa shape index (κ2) is 8.49. The third-order valence-corrected chi connectivity index (χ3v) is 4.44. The molecule has 0 saturated carbocycles. The SMILES string of the molecule is CC(CSc1ccc(F)cc1)C(=O)N1CCNCC1.Cl. The molecular weight excluding hydrogens is 299 g/mol. The molecule has 0 aromatic heterocycles. The minimum Gasteiger partial charge on any atom is -0.340 e. The summed E-state index contributed by atoms with van der Waals surface area (Å²) in [5.41, 5.74) is 0. The molecule has 0 aliphatic carbocycles. The minimum atomic E-state index is -0.228. The van der Waals surface area contributed by atoms with Crippen LogP contribution in [0.3, 0.4) is 0 Å². The summed E-state index contributed by atoms with van der Waals surface area (Å²) in [6.45, 7) is 5.31. The maximum atomic E-state index is 12.8. The van der Waals surface area contributed by atoms with Gasteiger partial charge in [-0.3, -0.25) is 4.79 Å². The van der Waals surface area contributed by atoms with Gasteiger partial charge >= 0.3 is 0 Å². The molecule has 2 rings (SSSR count). The zero-order chi connectivity index (χ0) is 13.7. The van der Waals surface area contributed by atoms with Crippen LogP contribution >= 0.6 is 24.2 Å². The largest absolute Gasteiger partial charge is 0.340 e. The van der Waals surface area contributed by atoms with Crippen LogP contribution in [0.2, 0.25) is 0 Å². The van der Waals surface area contributed by atoms with Gasteiger partial charge in [-0.25, -0.2) is 4.39 Å². The number of hydrogen-bond donors (Lipinski definition) is 1. The van der Waals surface area contributed by atoms with Crippen LogP contribution < -0.4 is 5.32 Å². The van der Waals surface area contributed by atoms with Crippen molar-refractivity contribution in [1.82, 2.24) is 10.2 Å². The third-order valence-electron chi connectivity index (χ3n) is 3.16. The topological polar surface area (TPSA) is 32.3 Å². The molecule has 1 amide bonds. The van der Waals surface area contributed by atoms with Gasteiger partial charge in [0.2, 0.25) is 5.91 Å². The molecule has 112 valence electrons. The molecule has 0 radical (unpaired) electrons. The number of carbonyl (C=O) groups excluding carboxylic acids is 1. The van der Waals surface area contributed by atoms with Gasteiger partial charge in [-0.05, 0) is 24.3 Å². The Morgan fingerprint density at radius 1 is 1.35 bits per heavy atom. The highest BCUT2D eigenvalue weighted by atomic mass is 35.5. The van der Waals surface area contributed by atoms with Crippen LogP contribution in [0.15, 0.2) is 29.2 Å². The van der Waals surface area contributed by atoms with Gasteiger partial charge in [-0.2, -0.15) is 0 Å². The highest BCUT2D eigenvalue weighted by Gasteiger charge is 2.21. The summed E-state index contributed by atoms with van der Waals surface area (Å²) in [5.74, 6) is 0.715. The number of hydrogen-bond acceptors (Lipinski definition) is 3. The lowest BCUT2D eigenvalue weighted by Gasteiger charge is -2.29. The van der Waals surface area contributed by atoms with Gasteiger partial charge in [0.1, 0.15) is 5.82 Å². The van der Waals surface area contributed by atoms with Gasteiger partial charge < -0.3 is 10.2 Å². The number of piperazine rings is 1. The standard InChI is InChI=1S/C14H19FN2OS.ClH/c1-11(14(18)17-8-6-16-7-9-17)10-19-13-4-2-12(15)3-5-13;/h2-5,11,16H,6-10H2,1H3;1H. The minimum absolute atomic E-state index is 0. The quantitative estimate of drug-likeness (QED) is 0.865. The lowest BCUT2D eigenvalue weighted by atomic mass is 10.2. The smallest absolute Gasteiger partial charge is 0.226 e. The van der Waals surface area contributed by atoms with Crippen LogP contribution in [0.5, 0.6) is 0 Å². The first kappa shape index (κ1) is 17.3. The summed E-state index contributed by atoms with van der Waals surface area (Å²) in [6.07, 6.45) is 0. The number of carbonyl (C=O) groups is 1. The molecule has 1 aromatic carbocycles. The maximum Gasteiger partial charge on any atom is 0.226 e. The van der Waals surface area contributed by atoms with Crippen molar-refractivity contribution in [2.24, 2.45) is 5.92 Å². The molecule has 1 heterocycles. The molecule has 0 spiro atoms. The lowest BCUT2D eigenvalue weighted by molar-refractivity contribution is -0.134. The van der Waals surface area contributed by atoms with E-state index >= 15 is 0 Å². The second-order valence-electron chi connectivity index (χ2n) is 4.74. The van der Waals surface area contributed by atoms with Gasteiger partial charge in [0.15, 0.2) is 0 Å². The Labute approximate surface area is 129 Å². The van der Waals surface area contributed by atoms with E-state index in [1.165, 1.54) is 12.1 Å². The van der Waals surface area contributed by atoms with E-state index in [4.69, 9.17) is 0 Å². The summed E-state index contributed by atoms with van der Waals surface area (Å²) in [5, 5.41) is 3.24. The molecule has 1 fully saturated rings. The van der Waals surface area contributed by atoms with Crippen LogP contribution in [-0.4, -0.2) is 42.7 Å². The fourth-order valence-corrected chi connectivity index (χ4v) is 2.93.